The van der Waals surface area contributed by atoms with Gasteiger partial charge in [0.15, 0.2) is 0 Å². The summed E-state index contributed by atoms with van der Waals surface area (Å²) in [6.07, 6.45) is 12.8. The van der Waals surface area contributed by atoms with E-state index in [0.29, 0.717) is 0 Å². The summed E-state index contributed by atoms with van der Waals surface area (Å²) in [5.74, 6) is 0. The molecule has 0 N–H and O–H groups in total. The van der Waals surface area contributed by atoms with Crippen LogP contribution in [0.5, 0.6) is 0 Å². The van der Waals surface area contributed by atoms with Gasteiger partial charge in [0.1, 0.15) is 0 Å². The Balaban J connectivity index is 5.04. The first kappa shape index (κ1) is 19.4. The van der Waals surface area contributed by atoms with Crippen molar-refractivity contribution in [2.24, 2.45) is 0 Å². The quantitative estimate of drug-likeness (QED) is 0.333. The third-order valence-electron chi connectivity index (χ3n) is 4.54. The first-order valence-electron chi connectivity index (χ1n) is 8.97. The summed E-state index contributed by atoms with van der Waals surface area (Å²) in [4.78, 5) is 0. The first-order chi connectivity index (χ1) is 9.19. The van der Waals surface area contributed by atoms with Crippen LogP contribution in [0.25, 0.3) is 0 Å². The normalized spacial score (nSPS) is 18.0. The molecule has 19 heavy (non-hydrogen) atoms. The van der Waals surface area contributed by atoms with Gasteiger partial charge in [-0.25, -0.2) is 0 Å². The minimum absolute atomic E-state index is 0.231. The van der Waals surface area contributed by atoms with E-state index in [1.807, 2.05) is 0 Å². The fourth-order valence-corrected chi connectivity index (χ4v) is 8.31. The topological polar surface area (TPSA) is 0 Å². The minimum Gasteiger partial charge on any atom is -0.0972 e. The van der Waals surface area contributed by atoms with E-state index in [9.17, 15) is 0 Å². The van der Waals surface area contributed by atoms with Crippen molar-refractivity contribution in [1.29, 1.82) is 0 Å². The molecular weight excluding hydrogens is 247 g/mol. The van der Waals surface area contributed by atoms with Gasteiger partial charge >= 0.3 is 0 Å². The van der Waals surface area contributed by atoms with Crippen molar-refractivity contribution in [3.05, 3.63) is 0 Å². The lowest BCUT2D eigenvalue weighted by molar-refractivity contribution is 0.628. The fourth-order valence-electron chi connectivity index (χ4n) is 3.59. The molecule has 0 spiro atoms. The smallest absolute Gasteiger partial charge is 0.0207 e. The highest BCUT2D eigenvalue weighted by molar-refractivity contribution is 7.59. The summed E-state index contributed by atoms with van der Waals surface area (Å²) < 4.78 is 0. The molecule has 3 atom stereocenters. The van der Waals surface area contributed by atoms with E-state index in [1.54, 1.807) is 0 Å². The molecule has 0 aliphatic rings. The van der Waals surface area contributed by atoms with Gasteiger partial charge in [-0.05, 0) is 55.5 Å². The van der Waals surface area contributed by atoms with Crippen LogP contribution in [0, 0.1) is 0 Å². The van der Waals surface area contributed by atoms with E-state index in [-0.39, 0.29) is 7.92 Å². The van der Waals surface area contributed by atoms with Crippen LogP contribution >= 0.6 is 7.92 Å². The van der Waals surface area contributed by atoms with Crippen molar-refractivity contribution in [3.8, 4) is 0 Å². The standard InChI is InChI=1S/C18H39P/c1-7-13-16(10-4)19(17(11-5)14-8-2)18(12-6)15-9-3/h16-18H,7-15H2,1-6H3. The Morgan fingerprint density at radius 3 is 0.947 bits per heavy atom. The van der Waals surface area contributed by atoms with Crippen LogP contribution in [-0.4, -0.2) is 17.0 Å². The SMILES string of the molecule is CCCC(CC)P(C(CC)CCC)C(CC)CCC. The summed E-state index contributed by atoms with van der Waals surface area (Å²) in [6, 6.07) is 0. The molecule has 0 nitrogen and oxygen atoms in total. The van der Waals surface area contributed by atoms with Crippen LogP contribution in [0.1, 0.15) is 99.3 Å². The Bertz CT molecular complexity index is 157. The molecule has 0 radical (unpaired) electrons. The van der Waals surface area contributed by atoms with Crippen LogP contribution in [0.3, 0.4) is 0 Å². The molecule has 0 bridgehead atoms. The van der Waals surface area contributed by atoms with Crippen molar-refractivity contribution in [3.63, 3.8) is 0 Å². The van der Waals surface area contributed by atoms with Gasteiger partial charge in [-0.2, -0.15) is 0 Å². The second kappa shape index (κ2) is 12.2. The molecule has 0 aromatic rings. The summed E-state index contributed by atoms with van der Waals surface area (Å²) in [5, 5.41) is 0. The van der Waals surface area contributed by atoms with Crippen LogP contribution in [0.2, 0.25) is 0 Å². The van der Waals surface area contributed by atoms with Crippen molar-refractivity contribution in [2.45, 2.75) is 116 Å². The molecule has 0 heterocycles. The third-order valence-corrected chi connectivity index (χ3v) is 8.94. The zero-order valence-corrected chi connectivity index (χ0v) is 15.4. The van der Waals surface area contributed by atoms with Crippen molar-refractivity contribution < 1.29 is 0 Å². The minimum atomic E-state index is 0.231. The van der Waals surface area contributed by atoms with E-state index >= 15 is 0 Å². The average Bonchev–Trinajstić information content (AvgIpc) is 2.43. The van der Waals surface area contributed by atoms with Gasteiger partial charge in [-0.15, -0.1) is 0 Å². The molecule has 0 fully saturated rings. The Kier molecular flexibility index (Phi) is 12.5. The van der Waals surface area contributed by atoms with Gasteiger partial charge in [-0.1, -0.05) is 68.7 Å². The second-order valence-corrected chi connectivity index (χ2v) is 9.08. The molecule has 0 saturated heterocycles. The number of rotatable bonds is 12. The van der Waals surface area contributed by atoms with Gasteiger partial charge < -0.3 is 0 Å². The molecule has 116 valence electrons. The van der Waals surface area contributed by atoms with Crippen LogP contribution < -0.4 is 0 Å². The highest BCUT2D eigenvalue weighted by Gasteiger charge is 2.31. The second-order valence-electron chi connectivity index (χ2n) is 6.00. The predicted molar refractivity (Wildman–Crippen MR) is 93.9 cm³/mol. The monoisotopic (exact) mass is 286 g/mol. The van der Waals surface area contributed by atoms with E-state index in [4.69, 9.17) is 0 Å². The lowest BCUT2D eigenvalue weighted by Crippen LogP contribution is -2.23. The van der Waals surface area contributed by atoms with Crippen molar-refractivity contribution in [1.82, 2.24) is 0 Å². The summed E-state index contributed by atoms with van der Waals surface area (Å²) in [5.41, 5.74) is 3.11. The Labute approximate surface area is 124 Å². The van der Waals surface area contributed by atoms with Gasteiger partial charge in [0, 0.05) is 0 Å². The highest BCUT2D eigenvalue weighted by atomic mass is 31.1. The molecule has 0 aliphatic carbocycles. The molecule has 1 heteroatoms. The predicted octanol–water partition coefficient (Wildman–Crippen LogP) is 7.20. The molecule has 0 aromatic heterocycles. The summed E-state index contributed by atoms with van der Waals surface area (Å²) >= 11 is 0. The number of hydrogen-bond donors (Lipinski definition) is 0. The first-order valence-corrected chi connectivity index (χ1v) is 10.5. The molecule has 0 aromatic carbocycles. The van der Waals surface area contributed by atoms with Crippen molar-refractivity contribution in [2.75, 3.05) is 0 Å². The maximum atomic E-state index is 2.44. The van der Waals surface area contributed by atoms with Crippen LogP contribution in [-0.2, 0) is 0 Å². The highest BCUT2D eigenvalue weighted by Crippen LogP contribution is 2.58. The number of hydrogen-bond acceptors (Lipinski definition) is 0. The average molecular weight is 286 g/mol. The van der Waals surface area contributed by atoms with E-state index in [0.717, 1.165) is 17.0 Å². The third kappa shape index (κ3) is 6.61. The van der Waals surface area contributed by atoms with E-state index in [2.05, 4.69) is 41.5 Å². The molecule has 0 aliphatic heterocycles. The lowest BCUT2D eigenvalue weighted by Gasteiger charge is -2.39. The van der Waals surface area contributed by atoms with E-state index in [1.165, 1.54) is 57.8 Å². The Morgan fingerprint density at radius 1 is 0.526 bits per heavy atom. The van der Waals surface area contributed by atoms with Crippen LogP contribution in [0.4, 0.5) is 0 Å². The van der Waals surface area contributed by atoms with E-state index < -0.39 is 0 Å². The lowest BCUT2D eigenvalue weighted by atomic mass is 10.2. The molecule has 0 amide bonds. The maximum Gasteiger partial charge on any atom is -0.0207 e. The van der Waals surface area contributed by atoms with Crippen molar-refractivity contribution >= 4 is 7.92 Å². The van der Waals surface area contributed by atoms with Gasteiger partial charge in [0.25, 0.3) is 0 Å². The maximum absolute atomic E-state index is 2.44. The largest absolute Gasteiger partial charge is 0.0972 e. The molecular formula is C18H39P. The molecule has 3 unspecified atom stereocenters. The van der Waals surface area contributed by atoms with Gasteiger partial charge in [-0.3, -0.25) is 0 Å². The Morgan fingerprint density at radius 2 is 0.789 bits per heavy atom. The fraction of sp³-hybridized carbons (Fsp3) is 1.00. The Hall–Kier alpha value is 0.430. The summed E-state index contributed by atoms with van der Waals surface area (Å²) in [7, 11) is 0.231. The van der Waals surface area contributed by atoms with Gasteiger partial charge in [0.2, 0.25) is 0 Å². The zero-order chi connectivity index (χ0) is 14.7. The van der Waals surface area contributed by atoms with Crippen LogP contribution in [0.15, 0.2) is 0 Å². The zero-order valence-electron chi connectivity index (χ0n) is 14.5. The molecule has 0 saturated carbocycles. The summed E-state index contributed by atoms with van der Waals surface area (Å²) in [6.45, 7) is 14.4. The van der Waals surface area contributed by atoms with Gasteiger partial charge in [0.05, 0.1) is 0 Å². The molecule has 0 rings (SSSR count).